The molecule has 2 heterocycles. The Hall–Kier alpha value is -3.72. The van der Waals surface area contributed by atoms with Crippen LogP contribution >= 0.6 is 0 Å². The van der Waals surface area contributed by atoms with Gasteiger partial charge < -0.3 is 10.2 Å². The van der Waals surface area contributed by atoms with Gasteiger partial charge in [0.05, 0.1) is 11.3 Å². The lowest BCUT2D eigenvalue weighted by Gasteiger charge is -2.22. The first-order valence-electron chi connectivity index (χ1n) is 8.68. The summed E-state index contributed by atoms with van der Waals surface area (Å²) < 4.78 is 0. The average molecular weight is 355 g/mol. The zero-order chi connectivity index (χ0) is 18.8. The Bertz CT molecular complexity index is 1060. The molecule has 0 spiro atoms. The van der Waals surface area contributed by atoms with E-state index in [2.05, 4.69) is 39.2 Å². The van der Waals surface area contributed by atoms with Gasteiger partial charge in [0.1, 0.15) is 11.8 Å². The maximum atomic E-state index is 12.6. The third-order valence-electron chi connectivity index (χ3n) is 4.59. The molecule has 1 aliphatic rings. The minimum Gasteiger partial charge on any atom is -0.319 e. The summed E-state index contributed by atoms with van der Waals surface area (Å²) in [5, 5.41) is 11.9. The molecule has 4 rings (SSSR count). The molecule has 6 heteroatoms. The minimum atomic E-state index is -0.374. The smallest absolute Gasteiger partial charge is 0.274 e. The lowest BCUT2D eigenvalue weighted by Crippen LogP contribution is -2.27. The highest BCUT2D eigenvalue weighted by molar-refractivity contribution is 6.03. The average Bonchev–Trinajstić information content (AvgIpc) is 3.04. The Balaban J connectivity index is 1.64. The van der Waals surface area contributed by atoms with Gasteiger partial charge in [0.25, 0.3) is 5.91 Å². The molecule has 1 aliphatic heterocycles. The summed E-state index contributed by atoms with van der Waals surface area (Å²) in [5.74, 6) is 0.121. The number of benzene rings is 2. The first kappa shape index (κ1) is 16.7. The van der Waals surface area contributed by atoms with Crippen molar-refractivity contribution in [3.63, 3.8) is 0 Å². The Morgan fingerprint density at radius 1 is 1.19 bits per heavy atom. The Morgan fingerprint density at radius 2 is 1.96 bits per heavy atom. The maximum Gasteiger partial charge on any atom is 0.274 e. The van der Waals surface area contributed by atoms with Crippen LogP contribution < -0.4 is 10.2 Å². The monoisotopic (exact) mass is 355 g/mol. The number of nitrogens with one attached hydrogen (secondary N) is 1. The summed E-state index contributed by atoms with van der Waals surface area (Å²) in [6.45, 7) is 2.11. The highest BCUT2D eigenvalue weighted by atomic mass is 16.1. The van der Waals surface area contributed by atoms with Gasteiger partial charge in [0.2, 0.25) is 5.95 Å². The van der Waals surface area contributed by atoms with Crippen molar-refractivity contribution in [2.75, 3.05) is 10.2 Å². The van der Waals surface area contributed by atoms with Crippen molar-refractivity contribution in [1.29, 1.82) is 5.26 Å². The van der Waals surface area contributed by atoms with E-state index in [1.54, 1.807) is 36.5 Å². The standard InChI is InChI=1S/C21H17N5O/c1-14-12-15-6-3-5-9-19(15)26(14)21-23-11-10-18(25-21)20(27)24-17-8-4-2-7-16(17)13-22/h2-11,14H,12H2,1H3,(H,24,27). The molecule has 2 aromatic carbocycles. The third kappa shape index (κ3) is 3.11. The molecule has 0 bridgehead atoms. The molecule has 1 unspecified atom stereocenters. The van der Waals surface area contributed by atoms with E-state index < -0.39 is 0 Å². The van der Waals surface area contributed by atoms with Gasteiger partial charge >= 0.3 is 0 Å². The molecule has 0 saturated heterocycles. The number of rotatable bonds is 3. The first-order chi connectivity index (χ1) is 13.2. The van der Waals surface area contributed by atoms with Crippen LogP contribution in [0.5, 0.6) is 0 Å². The summed E-state index contributed by atoms with van der Waals surface area (Å²) in [5.41, 5.74) is 3.43. The van der Waals surface area contributed by atoms with Gasteiger partial charge in [0, 0.05) is 17.9 Å². The van der Waals surface area contributed by atoms with E-state index in [1.165, 1.54) is 5.56 Å². The number of anilines is 3. The van der Waals surface area contributed by atoms with E-state index in [0.717, 1.165) is 12.1 Å². The Labute approximate surface area is 157 Å². The van der Waals surface area contributed by atoms with Crippen LogP contribution in [0.3, 0.4) is 0 Å². The quantitative estimate of drug-likeness (QED) is 0.775. The molecule has 0 aliphatic carbocycles. The molecule has 3 aromatic rings. The summed E-state index contributed by atoms with van der Waals surface area (Å²) in [7, 11) is 0. The van der Waals surface area contributed by atoms with Crippen molar-refractivity contribution in [1.82, 2.24) is 9.97 Å². The van der Waals surface area contributed by atoms with Gasteiger partial charge in [-0.2, -0.15) is 5.26 Å². The van der Waals surface area contributed by atoms with Crippen LogP contribution in [0.4, 0.5) is 17.3 Å². The molecule has 1 amide bonds. The molecule has 0 saturated carbocycles. The van der Waals surface area contributed by atoms with Crippen molar-refractivity contribution in [2.24, 2.45) is 0 Å². The predicted octanol–water partition coefficient (Wildman–Crippen LogP) is 3.68. The maximum absolute atomic E-state index is 12.6. The number of nitriles is 1. The second-order valence-corrected chi connectivity index (χ2v) is 6.41. The second-order valence-electron chi connectivity index (χ2n) is 6.41. The van der Waals surface area contributed by atoms with Gasteiger partial charge in [-0.1, -0.05) is 30.3 Å². The van der Waals surface area contributed by atoms with Crippen molar-refractivity contribution in [2.45, 2.75) is 19.4 Å². The zero-order valence-electron chi connectivity index (χ0n) is 14.8. The molecule has 1 atom stereocenters. The molecule has 0 radical (unpaired) electrons. The number of carbonyl (C=O) groups is 1. The van der Waals surface area contributed by atoms with Crippen molar-refractivity contribution >= 4 is 23.2 Å². The van der Waals surface area contributed by atoms with E-state index >= 15 is 0 Å². The second kappa shape index (κ2) is 6.89. The number of carbonyl (C=O) groups excluding carboxylic acids is 1. The Kier molecular flexibility index (Phi) is 4.27. The fourth-order valence-electron chi connectivity index (χ4n) is 3.34. The summed E-state index contributed by atoms with van der Waals surface area (Å²) in [6, 6.07) is 18.9. The Morgan fingerprint density at radius 3 is 2.81 bits per heavy atom. The number of fused-ring (bicyclic) bond motifs is 1. The summed E-state index contributed by atoms with van der Waals surface area (Å²) in [6.07, 6.45) is 2.49. The predicted molar refractivity (Wildman–Crippen MR) is 103 cm³/mol. The minimum absolute atomic E-state index is 0.208. The highest BCUT2D eigenvalue weighted by Gasteiger charge is 2.29. The van der Waals surface area contributed by atoms with E-state index in [4.69, 9.17) is 0 Å². The normalized spacial score (nSPS) is 15.1. The van der Waals surface area contributed by atoms with E-state index in [0.29, 0.717) is 17.2 Å². The van der Waals surface area contributed by atoms with Crippen molar-refractivity contribution in [3.05, 3.63) is 77.6 Å². The van der Waals surface area contributed by atoms with Crippen LogP contribution in [-0.4, -0.2) is 21.9 Å². The molecule has 0 fully saturated rings. The molecular formula is C21H17N5O. The highest BCUT2D eigenvalue weighted by Crippen LogP contribution is 2.36. The molecular weight excluding hydrogens is 338 g/mol. The van der Waals surface area contributed by atoms with Crippen LogP contribution in [0.25, 0.3) is 0 Å². The van der Waals surface area contributed by atoms with Crippen LogP contribution in [0.1, 0.15) is 28.5 Å². The molecule has 132 valence electrons. The number of amides is 1. The van der Waals surface area contributed by atoms with Crippen LogP contribution in [0.15, 0.2) is 60.8 Å². The summed E-state index contributed by atoms with van der Waals surface area (Å²) >= 11 is 0. The van der Waals surface area contributed by atoms with Crippen molar-refractivity contribution < 1.29 is 4.79 Å². The lowest BCUT2D eigenvalue weighted by atomic mass is 10.1. The third-order valence-corrected chi connectivity index (χ3v) is 4.59. The van der Waals surface area contributed by atoms with Crippen LogP contribution in [0.2, 0.25) is 0 Å². The molecule has 1 N–H and O–H groups in total. The van der Waals surface area contributed by atoms with Gasteiger partial charge in [-0.25, -0.2) is 9.97 Å². The molecule has 6 nitrogen and oxygen atoms in total. The number of hydrogen-bond donors (Lipinski definition) is 1. The van der Waals surface area contributed by atoms with Crippen LogP contribution in [-0.2, 0) is 6.42 Å². The van der Waals surface area contributed by atoms with Crippen LogP contribution in [0, 0.1) is 11.3 Å². The van der Waals surface area contributed by atoms with E-state index in [-0.39, 0.29) is 17.6 Å². The fourth-order valence-corrected chi connectivity index (χ4v) is 3.34. The zero-order valence-corrected chi connectivity index (χ0v) is 14.8. The van der Waals surface area contributed by atoms with E-state index in [9.17, 15) is 10.1 Å². The number of para-hydroxylation sites is 2. The van der Waals surface area contributed by atoms with Gasteiger partial charge in [-0.05, 0) is 43.2 Å². The SMILES string of the molecule is CC1Cc2ccccc2N1c1nccc(C(=O)Nc2ccccc2C#N)n1. The fraction of sp³-hybridized carbons (Fsp3) is 0.143. The van der Waals surface area contributed by atoms with Gasteiger partial charge in [0.15, 0.2) is 0 Å². The number of nitrogens with zero attached hydrogens (tertiary/aromatic N) is 4. The first-order valence-corrected chi connectivity index (χ1v) is 8.68. The largest absolute Gasteiger partial charge is 0.319 e. The topological polar surface area (TPSA) is 81.9 Å². The lowest BCUT2D eigenvalue weighted by molar-refractivity contribution is 0.102. The van der Waals surface area contributed by atoms with E-state index in [1.807, 2.05) is 18.2 Å². The molecule has 27 heavy (non-hydrogen) atoms. The molecule has 1 aromatic heterocycles. The number of aromatic nitrogens is 2. The number of hydrogen-bond acceptors (Lipinski definition) is 5. The van der Waals surface area contributed by atoms with Crippen molar-refractivity contribution in [3.8, 4) is 6.07 Å². The van der Waals surface area contributed by atoms with Gasteiger partial charge in [-0.3, -0.25) is 4.79 Å². The van der Waals surface area contributed by atoms with Gasteiger partial charge in [-0.15, -0.1) is 0 Å². The summed E-state index contributed by atoms with van der Waals surface area (Å²) in [4.78, 5) is 23.5.